The first-order valence-corrected chi connectivity index (χ1v) is 10.6. The molecule has 0 aromatic heterocycles. The van der Waals surface area contributed by atoms with Crippen LogP contribution in [0.4, 0.5) is 0 Å². The van der Waals surface area contributed by atoms with Crippen LogP contribution in [0.15, 0.2) is 24.3 Å². The Bertz CT molecular complexity index is 360. The molecule has 0 aliphatic rings. The van der Waals surface area contributed by atoms with Gasteiger partial charge in [0.05, 0.1) is 5.56 Å². The lowest BCUT2D eigenvalue weighted by Gasteiger charge is -1.97. The van der Waals surface area contributed by atoms with E-state index in [2.05, 4.69) is 13.8 Å². The van der Waals surface area contributed by atoms with Crippen LogP contribution >= 0.6 is 11.6 Å². The molecule has 0 aliphatic carbocycles. The van der Waals surface area contributed by atoms with Crippen LogP contribution in [0.25, 0.3) is 0 Å². The van der Waals surface area contributed by atoms with Crippen LogP contribution in [0, 0.1) is 0 Å². The number of carboxylic acids is 1. The van der Waals surface area contributed by atoms with Crippen LogP contribution in [0.3, 0.4) is 0 Å². The molecule has 0 amide bonds. The highest BCUT2D eigenvalue weighted by Crippen LogP contribution is 2.05. The van der Waals surface area contributed by atoms with Crippen LogP contribution in [-0.2, 0) is 6.42 Å². The van der Waals surface area contributed by atoms with Gasteiger partial charge < -0.3 is 5.11 Å². The maximum absolute atomic E-state index is 10.4. The van der Waals surface area contributed by atoms with Crippen molar-refractivity contribution in [3.63, 3.8) is 0 Å². The van der Waals surface area contributed by atoms with Crippen molar-refractivity contribution < 1.29 is 9.90 Å². The fraction of sp³-hybridized carbons (Fsp3) is 0.588. The van der Waals surface area contributed by atoms with Gasteiger partial charge in [0.25, 0.3) is 0 Å². The van der Waals surface area contributed by atoms with Crippen molar-refractivity contribution in [3.8, 4) is 0 Å². The smallest absolute Gasteiger partial charge is 0.335 e. The van der Waals surface area contributed by atoms with E-state index in [-0.39, 0.29) is 0 Å². The van der Waals surface area contributed by atoms with E-state index in [1.54, 1.807) is 36.4 Å². The number of aromatic carboxylic acids is 1. The van der Waals surface area contributed by atoms with Crippen LogP contribution in [0.2, 0.25) is 12.1 Å². The van der Waals surface area contributed by atoms with Crippen molar-refractivity contribution in [1.82, 2.24) is 0 Å². The number of hydrogen-bond acceptors (Lipinski definition) is 1. The zero-order valence-corrected chi connectivity index (χ0v) is 15.6. The van der Waals surface area contributed by atoms with Crippen molar-refractivity contribution in [2.45, 2.75) is 58.0 Å². The van der Waals surface area contributed by atoms with E-state index < -0.39 is 5.97 Å². The molecule has 0 saturated heterocycles. The van der Waals surface area contributed by atoms with Gasteiger partial charge in [-0.2, -0.15) is 0 Å². The predicted molar refractivity (Wildman–Crippen MR) is 95.8 cm³/mol. The van der Waals surface area contributed by atoms with Gasteiger partial charge in [0.1, 0.15) is 0 Å². The lowest BCUT2D eigenvalue weighted by molar-refractivity contribution is 0.0697. The van der Waals surface area contributed by atoms with Gasteiger partial charge in [-0.3, -0.25) is 0 Å². The molecule has 1 N–H and O–H groups in total. The summed E-state index contributed by atoms with van der Waals surface area (Å²) in [4.78, 5) is 10.4. The molecule has 0 radical (unpaired) electrons. The average Bonchev–Trinajstić information content (AvgIpc) is 2.49. The monoisotopic (exact) mass is 328 g/mol. The van der Waals surface area contributed by atoms with Crippen LogP contribution in [-0.4, -0.2) is 26.5 Å². The number of unbranched alkanes of at least 4 members (excludes halogenated alkanes) is 2. The third-order valence-corrected chi connectivity index (χ3v) is 5.48. The Morgan fingerprint density at radius 1 is 1.10 bits per heavy atom. The van der Waals surface area contributed by atoms with E-state index in [0.29, 0.717) is 21.0 Å². The van der Waals surface area contributed by atoms with Crippen LogP contribution < -0.4 is 0 Å². The highest BCUT2D eigenvalue weighted by Gasteiger charge is 2.00. The third-order valence-electron chi connectivity index (χ3n) is 3.29. The van der Waals surface area contributed by atoms with Crippen LogP contribution in [0.1, 0.15) is 55.5 Å². The molecular weight excluding hydrogens is 300 g/mol. The third kappa shape index (κ3) is 11.5. The van der Waals surface area contributed by atoms with Gasteiger partial charge in [0, 0.05) is 15.4 Å². The number of halogens is 1. The molecule has 120 valence electrons. The van der Waals surface area contributed by atoms with E-state index in [1.807, 2.05) is 0 Å². The van der Waals surface area contributed by atoms with E-state index in [4.69, 9.17) is 16.7 Å². The summed E-state index contributed by atoms with van der Waals surface area (Å²) in [5, 5.41) is 8.58. The number of carboxylic acid groups (broad SMARTS) is 1. The first-order chi connectivity index (χ1) is 10.2. The average molecular weight is 329 g/mol. The molecule has 21 heavy (non-hydrogen) atoms. The molecule has 0 saturated carbocycles. The van der Waals surface area contributed by atoms with E-state index in [0.717, 1.165) is 12.0 Å². The van der Waals surface area contributed by atoms with Gasteiger partial charge >= 0.3 is 5.97 Å². The maximum Gasteiger partial charge on any atom is 0.335 e. The molecule has 0 unspecified atom stereocenters. The van der Waals surface area contributed by atoms with Crippen molar-refractivity contribution in [1.29, 1.82) is 0 Å². The zero-order valence-electron chi connectivity index (χ0n) is 13.4. The van der Waals surface area contributed by atoms with Crippen molar-refractivity contribution in [3.05, 3.63) is 35.4 Å². The summed E-state index contributed by atoms with van der Waals surface area (Å²) in [7, 11) is 0.389. The summed E-state index contributed by atoms with van der Waals surface area (Å²) in [5.41, 5.74) is 1.38. The fourth-order valence-electron chi connectivity index (χ4n) is 1.95. The Morgan fingerprint density at radius 2 is 1.62 bits per heavy atom. The highest BCUT2D eigenvalue weighted by atomic mass is 35.5. The Balaban J connectivity index is 0.000000400. The maximum atomic E-state index is 10.4. The summed E-state index contributed by atoms with van der Waals surface area (Å²) < 4.78 is 0. The molecule has 1 aromatic rings. The van der Waals surface area contributed by atoms with Gasteiger partial charge in [-0.05, 0) is 24.1 Å². The first kappa shape index (κ1) is 20.2. The first-order valence-electron chi connectivity index (χ1n) is 8.03. The summed E-state index contributed by atoms with van der Waals surface area (Å²) in [6.07, 6.45) is 6.57. The molecule has 1 rings (SSSR count). The van der Waals surface area contributed by atoms with E-state index in [9.17, 15) is 4.79 Å². The quantitative estimate of drug-likeness (QED) is 0.403. The number of carbonyl (C=O) groups is 1. The Kier molecular flexibility index (Phi) is 13.6. The Hall–Kier alpha value is -0.803. The van der Waals surface area contributed by atoms with Gasteiger partial charge in [0.15, 0.2) is 0 Å². The van der Waals surface area contributed by atoms with E-state index in [1.165, 1.54) is 25.7 Å². The molecule has 0 atom stereocenters. The fourth-order valence-corrected chi connectivity index (χ4v) is 4.23. The van der Waals surface area contributed by atoms with Gasteiger partial charge in [-0.25, -0.2) is 4.79 Å². The zero-order chi connectivity index (χ0) is 15.9. The molecule has 0 heterocycles. The largest absolute Gasteiger partial charge is 0.478 e. The highest BCUT2D eigenvalue weighted by molar-refractivity contribution is 6.35. The predicted octanol–water partition coefficient (Wildman–Crippen LogP) is 4.76. The molecule has 0 aliphatic heterocycles. The minimum atomic E-state index is -0.896. The molecular formula is C17H29ClO2Si. The van der Waals surface area contributed by atoms with Gasteiger partial charge in [0.2, 0.25) is 0 Å². The second-order valence-electron chi connectivity index (χ2n) is 5.21. The molecule has 4 heteroatoms. The second kappa shape index (κ2) is 14.1. The summed E-state index contributed by atoms with van der Waals surface area (Å²) in [6, 6.07) is 9.93. The summed E-state index contributed by atoms with van der Waals surface area (Å²) in [6.45, 7) is 4.57. The minimum Gasteiger partial charge on any atom is -0.478 e. The Morgan fingerprint density at radius 3 is 2.00 bits per heavy atom. The molecule has 0 spiro atoms. The number of alkyl halides is 1. The van der Waals surface area contributed by atoms with Crippen molar-refractivity contribution in [2.24, 2.45) is 0 Å². The normalized spacial score (nSPS) is 9.86. The number of aryl methyl sites for hydroxylation is 1. The van der Waals surface area contributed by atoms with Gasteiger partial charge in [-0.1, -0.05) is 63.8 Å². The minimum absolute atomic E-state index is 0.313. The number of hydrogen-bond donors (Lipinski definition) is 1. The van der Waals surface area contributed by atoms with E-state index >= 15 is 0 Å². The molecule has 0 bridgehead atoms. The number of rotatable bonds is 9. The summed E-state index contributed by atoms with van der Waals surface area (Å²) >= 11 is 5.52. The molecule has 2 nitrogen and oxygen atoms in total. The van der Waals surface area contributed by atoms with Crippen LogP contribution in [0.5, 0.6) is 0 Å². The topological polar surface area (TPSA) is 37.3 Å². The second-order valence-corrected chi connectivity index (χ2v) is 7.71. The Labute approximate surface area is 136 Å². The molecule has 0 fully saturated rings. The van der Waals surface area contributed by atoms with Crippen molar-refractivity contribution in [2.75, 3.05) is 5.88 Å². The number of benzene rings is 1. The SMILES string of the molecule is CCCC[SiH2]CCCC.O=C(O)c1ccc(CCCl)cc1. The summed E-state index contributed by atoms with van der Waals surface area (Å²) in [5.74, 6) is -0.334. The lowest BCUT2D eigenvalue weighted by atomic mass is 10.1. The van der Waals surface area contributed by atoms with Gasteiger partial charge in [-0.15, -0.1) is 11.6 Å². The molecule has 1 aromatic carbocycles. The standard InChI is InChI=1S/C9H9ClO2.C8H20Si/c10-6-5-7-1-3-8(4-2-7)9(11)12;1-3-5-7-9-8-6-4-2/h1-4H,5-6H2,(H,11,12);3-9H2,1-2H3. The lowest BCUT2D eigenvalue weighted by Crippen LogP contribution is -1.96. The van der Waals surface area contributed by atoms with Crippen molar-refractivity contribution >= 4 is 27.1 Å².